The quantitative estimate of drug-likeness (QED) is 0.751. The molecule has 18 heavy (non-hydrogen) atoms. The molecule has 1 aliphatic rings. The second kappa shape index (κ2) is 6.00. The number of ketones is 1. The van der Waals surface area contributed by atoms with E-state index in [9.17, 15) is 4.79 Å². The number of aryl methyl sites for hydroxylation is 1. The van der Waals surface area contributed by atoms with Crippen LogP contribution in [0.3, 0.4) is 0 Å². The molecule has 0 aromatic carbocycles. The van der Waals surface area contributed by atoms with Gasteiger partial charge in [0.2, 0.25) is 0 Å². The number of hydrogen-bond donors (Lipinski definition) is 0. The Morgan fingerprint density at radius 1 is 1.67 bits per heavy atom. The maximum absolute atomic E-state index is 12.5. The number of carbonyl (C=O) groups excluding carboxylic acids is 1. The van der Waals surface area contributed by atoms with E-state index in [0.717, 1.165) is 32.4 Å². The molecule has 5 nitrogen and oxygen atoms in total. The van der Waals surface area contributed by atoms with E-state index in [1.807, 2.05) is 0 Å². The van der Waals surface area contributed by atoms with E-state index in [-0.39, 0.29) is 11.7 Å². The molecule has 1 aromatic rings. The van der Waals surface area contributed by atoms with Crippen LogP contribution in [0.2, 0.25) is 0 Å². The molecule has 0 N–H and O–H groups in total. The monoisotopic (exact) mass is 252 g/mol. The van der Waals surface area contributed by atoms with Crippen LogP contribution in [0.25, 0.3) is 0 Å². The van der Waals surface area contributed by atoms with Gasteiger partial charge >= 0.3 is 0 Å². The zero-order chi connectivity index (χ0) is 13.0. The minimum atomic E-state index is -0.0556. The average molecular weight is 252 g/mol. The smallest absolute Gasteiger partial charge is 0.190 e. The Balaban J connectivity index is 2.23. The van der Waals surface area contributed by atoms with Crippen molar-refractivity contribution >= 4 is 5.78 Å². The zero-order valence-corrected chi connectivity index (χ0v) is 11.0. The van der Waals surface area contributed by atoms with Crippen LogP contribution in [-0.2, 0) is 11.3 Å². The fraction of sp³-hybridized carbons (Fsp3) is 0.692. The van der Waals surface area contributed by atoms with Gasteiger partial charge in [-0.3, -0.25) is 9.48 Å². The van der Waals surface area contributed by atoms with Crippen molar-refractivity contribution < 1.29 is 14.3 Å². The van der Waals surface area contributed by atoms with Crippen LogP contribution in [0.1, 0.15) is 36.7 Å². The lowest BCUT2D eigenvalue weighted by Gasteiger charge is -2.21. The van der Waals surface area contributed by atoms with E-state index < -0.39 is 0 Å². The van der Waals surface area contributed by atoms with Gasteiger partial charge in [0.15, 0.2) is 11.5 Å². The Hall–Kier alpha value is -1.36. The molecule has 0 radical (unpaired) electrons. The van der Waals surface area contributed by atoms with Gasteiger partial charge in [-0.2, -0.15) is 5.10 Å². The molecule has 1 saturated heterocycles. The summed E-state index contributed by atoms with van der Waals surface area (Å²) in [4.78, 5) is 12.5. The average Bonchev–Trinajstić information content (AvgIpc) is 2.82. The number of ether oxygens (including phenoxy) is 2. The third kappa shape index (κ3) is 2.56. The Morgan fingerprint density at radius 3 is 3.11 bits per heavy atom. The summed E-state index contributed by atoms with van der Waals surface area (Å²) in [6, 6.07) is 0. The standard InChI is InChI=1S/C13H20N2O3/c1-3-6-15-12(11(17-2)8-14-15)13(16)10-5-4-7-18-9-10/h8,10H,3-7,9H2,1-2H3. The van der Waals surface area contributed by atoms with Crippen LogP contribution in [0.15, 0.2) is 6.20 Å². The van der Waals surface area contributed by atoms with Crippen molar-refractivity contribution in [1.82, 2.24) is 9.78 Å². The number of nitrogens with zero attached hydrogens (tertiary/aromatic N) is 2. The lowest BCUT2D eigenvalue weighted by atomic mass is 9.95. The van der Waals surface area contributed by atoms with Gasteiger partial charge in [0.25, 0.3) is 0 Å². The predicted octanol–water partition coefficient (Wildman–Crippen LogP) is 1.91. The number of Topliss-reactive ketones (excluding diaryl/α,β-unsaturated/α-hetero) is 1. The van der Waals surface area contributed by atoms with Crippen LogP contribution in [0, 0.1) is 5.92 Å². The fourth-order valence-corrected chi connectivity index (χ4v) is 2.29. The molecule has 1 aliphatic heterocycles. The Bertz CT molecular complexity index is 408. The third-order valence-electron chi connectivity index (χ3n) is 3.23. The van der Waals surface area contributed by atoms with Crippen LogP contribution < -0.4 is 4.74 Å². The summed E-state index contributed by atoms with van der Waals surface area (Å²) in [5.41, 5.74) is 0.592. The maximum Gasteiger partial charge on any atom is 0.190 e. The van der Waals surface area contributed by atoms with Gasteiger partial charge in [0.05, 0.1) is 19.9 Å². The number of carbonyl (C=O) groups is 1. The van der Waals surface area contributed by atoms with E-state index in [1.54, 1.807) is 18.0 Å². The van der Waals surface area contributed by atoms with E-state index in [0.29, 0.717) is 18.1 Å². The summed E-state index contributed by atoms with van der Waals surface area (Å²) < 4.78 is 12.4. The van der Waals surface area contributed by atoms with Crippen molar-refractivity contribution in [3.8, 4) is 5.75 Å². The number of rotatable bonds is 5. The molecule has 100 valence electrons. The molecule has 1 atom stereocenters. The molecule has 1 unspecified atom stereocenters. The Kier molecular flexibility index (Phi) is 4.36. The van der Waals surface area contributed by atoms with Crippen LogP contribution in [0.4, 0.5) is 0 Å². The third-order valence-corrected chi connectivity index (χ3v) is 3.23. The van der Waals surface area contributed by atoms with Crippen molar-refractivity contribution in [2.45, 2.75) is 32.7 Å². The highest BCUT2D eigenvalue weighted by atomic mass is 16.5. The van der Waals surface area contributed by atoms with Crippen LogP contribution >= 0.6 is 0 Å². The van der Waals surface area contributed by atoms with Gasteiger partial charge in [-0.05, 0) is 19.3 Å². The highest BCUT2D eigenvalue weighted by Gasteiger charge is 2.28. The molecule has 5 heteroatoms. The second-order valence-corrected chi connectivity index (χ2v) is 4.56. The summed E-state index contributed by atoms with van der Waals surface area (Å²) in [7, 11) is 1.57. The topological polar surface area (TPSA) is 53.4 Å². The predicted molar refractivity (Wildman–Crippen MR) is 66.9 cm³/mol. The van der Waals surface area contributed by atoms with Gasteiger partial charge in [-0.1, -0.05) is 6.92 Å². The molecule has 0 saturated carbocycles. The number of hydrogen-bond acceptors (Lipinski definition) is 4. The van der Waals surface area contributed by atoms with Gasteiger partial charge in [0.1, 0.15) is 5.69 Å². The summed E-state index contributed by atoms with van der Waals surface area (Å²) in [6.45, 7) is 4.07. The first kappa shape index (κ1) is 13.1. The van der Waals surface area contributed by atoms with E-state index in [4.69, 9.17) is 9.47 Å². The molecule has 1 fully saturated rings. The van der Waals surface area contributed by atoms with Crippen LogP contribution in [-0.4, -0.2) is 35.9 Å². The molecule has 0 amide bonds. The number of aromatic nitrogens is 2. The SMILES string of the molecule is CCCn1ncc(OC)c1C(=O)C1CCCOC1. The maximum atomic E-state index is 12.5. The van der Waals surface area contributed by atoms with Crippen LogP contribution in [0.5, 0.6) is 5.75 Å². The van der Waals surface area contributed by atoms with Crippen molar-refractivity contribution in [2.24, 2.45) is 5.92 Å². The summed E-state index contributed by atoms with van der Waals surface area (Å²) in [6.07, 6.45) is 4.39. The van der Waals surface area contributed by atoms with Gasteiger partial charge in [-0.25, -0.2) is 0 Å². The molecular formula is C13H20N2O3. The summed E-state index contributed by atoms with van der Waals surface area (Å²) in [5.74, 6) is 0.608. The molecule has 2 heterocycles. The first-order valence-corrected chi connectivity index (χ1v) is 6.49. The van der Waals surface area contributed by atoms with Gasteiger partial charge in [-0.15, -0.1) is 0 Å². The van der Waals surface area contributed by atoms with Crippen molar-refractivity contribution in [2.75, 3.05) is 20.3 Å². The second-order valence-electron chi connectivity index (χ2n) is 4.56. The molecule has 1 aromatic heterocycles. The summed E-state index contributed by atoms with van der Waals surface area (Å²) in [5, 5.41) is 4.22. The van der Waals surface area contributed by atoms with Gasteiger partial charge in [0, 0.05) is 19.1 Å². The first-order valence-electron chi connectivity index (χ1n) is 6.49. The normalized spacial score (nSPS) is 19.8. The lowest BCUT2D eigenvalue weighted by molar-refractivity contribution is 0.0452. The van der Waals surface area contributed by atoms with E-state index >= 15 is 0 Å². The molecule has 0 spiro atoms. The molecule has 2 rings (SSSR count). The van der Waals surface area contributed by atoms with E-state index in [2.05, 4.69) is 12.0 Å². The summed E-state index contributed by atoms with van der Waals surface area (Å²) >= 11 is 0. The Morgan fingerprint density at radius 2 is 2.50 bits per heavy atom. The lowest BCUT2D eigenvalue weighted by Crippen LogP contribution is -2.27. The zero-order valence-electron chi connectivity index (χ0n) is 11.0. The first-order chi connectivity index (χ1) is 8.77. The minimum Gasteiger partial charge on any atom is -0.493 e. The largest absolute Gasteiger partial charge is 0.493 e. The van der Waals surface area contributed by atoms with Crippen molar-refractivity contribution in [3.63, 3.8) is 0 Å². The molecule has 0 aliphatic carbocycles. The Labute approximate surface area is 107 Å². The minimum absolute atomic E-state index is 0.0556. The van der Waals surface area contributed by atoms with Crippen molar-refractivity contribution in [3.05, 3.63) is 11.9 Å². The molecular weight excluding hydrogens is 232 g/mol. The van der Waals surface area contributed by atoms with Crippen molar-refractivity contribution in [1.29, 1.82) is 0 Å². The molecule has 0 bridgehead atoms. The highest BCUT2D eigenvalue weighted by molar-refractivity contribution is 5.98. The fourth-order valence-electron chi connectivity index (χ4n) is 2.29. The highest BCUT2D eigenvalue weighted by Crippen LogP contribution is 2.25. The van der Waals surface area contributed by atoms with E-state index in [1.165, 1.54) is 0 Å². The number of methoxy groups -OCH3 is 1. The van der Waals surface area contributed by atoms with Gasteiger partial charge < -0.3 is 9.47 Å².